The number of pyridine rings is 1. The summed E-state index contributed by atoms with van der Waals surface area (Å²) in [6, 6.07) is 3.58. The molecule has 21 heavy (non-hydrogen) atoms. The van der Waals surface area contributed by atoms with Crippen LogP contribution < -0.4 is 0 Å². The average Bonchev–Trinajstić information content (AvgIpc) is 2.99. The van der Waals surface area contributed by atoms with Crippen molar-refractivity contribution in [1.29, 1.82) is 5.26 Å². The number of halogens is 1. The lowest BCUT2D eigenvalue weighted by Crippen LogP contribution is -2.04. The van der Waals surface area contributed by atoms with Crippen molar-refractivity contribution in [3.8, 4) is 6.07 Å². The summed E-state index contributed by atoms with van der Waals surface area (Å²) in [5.41, 5.74) is 0.428. The van der Waals surface area contributed by atoms with Gasteiger partial charge in [0.25, 0.3) is 5.22 Å². The second kappa shape index (κ2) is 6.46. The molecule has 0 spiro atoms. The summed E-state index contributed by atoms with van der Waals surface area (Å²) in [6.45, 7) is 0. The van der Waals surface area contributed by atoms with Gasteiger partial charge in [-0.1, -0.05) is 30.9 Å². The largest absolute Gasteiger partial charge is 0.415 e. The molecule has 0 radical (unpaired) electrons. The van der Waals surface area contributed by atoms with Gasteiger partial charge in [0, 0.05) is 12.1 Å². The Bertz CT molecular complexity index is 676. The van der Waals surface area contributed by atoms with E-state index >= 15 is 0 Å². The highest BCUT2D eigenvalue weighted by molar-refractivity contribution is 7.99. The topological polar surface area (TPSA) is 75.6 Å². The molecule has 5 nitrogen and oxygen atoms in total. The van der Waals surface area contributed by atoms with Crippen molar-refractivity contribution < 1.29 is 4.42 Å². The van der Waals surface area contributed by atoms with E-state index in [2.05, 4.69) is 15.2 Å². The number of nitrogens with zero attached hydrogens (tertiary/aromatic N) is 4. The molecule has 0 atom stereocenters. The molecule has 7 heteroatoms. The third kappa shape index (κ3) is 3.36. The third-order valence-corrected chi connectivity index (χ3v) is 4.76. The minimum absolute atomic E-state index is 0.380. The molecule has 108 valence electrons. The number of hydrogen-bond donors (Lipinski definition) is 0. The number of aromatic nitrogens is 3. The van der Waals surface area contributed by atoms with Crippen LogP contribution in [0.4, 0.5) is 0 Å². The SMILES string of the molecule is N#Cc1cnc(Sc2nnc(C3CCCCC3)o2)c(Cl)c1. The van der Waals surface area contributed by atoms with E-state index in [1.165, 1.54) is 37.2 Å². The Hall–Kier alpha value is -1.58. The second-order valence-corrected chi connectivity index (χ2v) is 6.31. The first-order valence-electron chi connectivity index (χ1n) is 6.83. The molecule has 2 heterocycles. The quantitative estimate of drug-likeness (QED) is 0.844. The van der Waals surface area contributed by atoms with Gasteiger partial charge in [-0.15, -0.1) is 10.2 Å². The zero-order valence-corrected chi connectivity index (χ0v) is 12.8. The monoisotopic (exact) mass is 320 g/mol. The molecule has 1 aliphatic rings. The first kappa shape index (κ1) is 14.4. The number of nitriles is 1. The second-order valence-electron chi connectivity index (χ2n) is 4.97. The van der Waals surface area contributed by atoms with E-state index in [-0.39, 0.29) is 0 Å². The molecule has 1 fully saturated rings. The molecule has 2 aromatic heterocycles. The molecule has 0 amide bonds. The van der Waals surface area contributed by atoms with Gasteiger partial charge < -0.3 is 4.42 Å². The van der Waals surface area contributed by atoms with Crippen LogP contribution in [0.5, 0.6) is 0 Å². The molecule has 3 rings (SSSR count). The normalized spacial score (nSPS) is 15.8. The maximum atomic E-state index is 8.79. The maximum absolute atomic E-state index is 8.79. The van der Waals surface area contributed by atoms with Crippen molar-refractivity contribution in [1.82, 2.24) is 15.2 Å². The molecule has 2 aromatic rings. The first-order chi connectivity index (χ1) is 10.3. The molecule has 1 aliphatic carbocycles. The van der Waals surface area contributed by atoms with Crippen LogP contribution in [0.2, 0.25) is 5.02 Å². The molecule has 0 N–H and O–H groups in total. The summed E-state index contributed by atoms with van der Waals surface area (Å²) < 4.78 is 5.72. The standard InChI is InChI=1S/C14H13ClN4OS/c15-11-6-9(7-16)8-17-13(11)21-14-19-18-12(20-14)10-4-2-1-3-5-10/h6,8,10H,1-5H2. The van der Waals surface area contributed by atoms with E-state index in [4.69, 9.17) is 21.3 Å². The Morgan fingerprint density at radius 3 is 2.81 bits per heavy atom. The van der Waals surface area contributed by atoms with Gasteiger partial charge in [-0.2, -0.15) is 5.26 Å². The molecule has 1 saturated carbocycles. The van der Waals surface area contributed by atoms with E-state index in [9.17, 15) is 0 Å². The highest BCUT2D eigenvalue weighted by Gasteiger charge is 2.22. The van der Waals surface area contributed by atoms with Gasteiger partial charge in [-0.25, -0.2) is 4.98 Å². The van der Waals surface area contributed by atoms with Crippen molar-refractivity contribution in [3.05, 3.63) is 28.7 Å². The van der Waals surface area contributed by atoms with Gasteiger partial charge in [0.15, 0.2) is 0 Å². The third-order valence-electron chi connectivity index (χ3n) is 3.50. The van der Waals surface area contributed by atoms with Gasteiger partial charge in [-0.3, -0.25) is 0 Å². The van der Waals surface area contributed by atoms with E-state index < -0.39 is 0 Å². The van der Waals surface area contributed by atoms with Gasteiger partial charge in [0.2, 0.25) is 5.89 Å². The fraction of sp³-hybridized carbons (Fsp3) is 0.429. The van der Waals surface area contributed by atoms with E-state index in [1.54, 1.807) is 6.07 Å². The molecule has 0 aromatic carbocycles. The van der Waals surface area contributed by atoms with Crippen molar-refractivity contribution in [2.24, 2.45) is 0 Å². The zero-order chi connectivity index (χ0) is 14.7. The van der Waals surface area contributed by atoms with Crippen molar-refractivity contribution >= 4 is 23.4 Å². The van der Waals surface area contributed by atoms with Crippen molar-refractivity contribution in [2.45, 2.75) is 48.3 Å². The molecule has 0 unspecified atom stereocenters. The highest BCUT2D eigenvalue weighted by Crippen LogP contribution is 2.35. The molecule has 0 saturated heterocycles. The predicted octanol–water partition coefficient (Wildman–Crippen LogP) is 4.19. The van der Waals surface area contributed by atoms with Gasteiger partial charge in [0.05, 0.1) is 10.6 Å². The Morgan fingerprint density at radius 1 is 1.29 bits per heavy atom. The van der Waals surface area contributed by atoms with Crippen LogP contribution >= 0.6 is 23.4 Å². The first-order valence-corrected chi connectivity index (χ1v) is 8.02. The molecule has 0 aliphatic heterocycles. The average molecular weight is 321 g/mol. The minimum Gasteiger partial charge on any atom is -0.415 e. The molecular weight excluding hydrogens is 308 g/mol. The van der Waals surface area contributed by atoms with Crippen molar-refractivity contribution in [3.63, 3.8) is 0 Å². The van der Waals surface area contributed by atoms with E-state index in [1.807, 2.05) is 6.07 Å². The summed E-state index contributed by atoms with van der Waals surface area (Å²) >= 11 is 7.31. The maximum Gasteiger partial charge on any atom is 0.283 e. The van der Waals surface area contributed by atoms with Crippen LogP contribution in [0.1, 0.15) is 49.5 Å². The highest BCUT2D eigenvalue weighted by atomic mass is 35.5. The summed E-state index contributed by atoms with van der Waals surface area (Å²) in [5.74, 6) is 1.09. The fourth-order valence-electron chi connectivity index (χ4n) is 2.42. The summed E-state index contributed by atoms with van der Waals surface area (Å²) in [5, 5.41) is 18.4. The van der Waals surface area contributed by atoms with Gasteiger partial charge >= 0.3 is 0 Å². The molecule has 0 bridgehead atoms. The Balaban J connectivity index is 1.73. The Kier molecular flexibility index (Phi) is 4.42. The van der Waals surface area contributed by atoms with Crippen LogP contribution in [0.3, 0.4) is 0 Å². The fourth-order valence-corrected chi connectivity index (χ4v) is 3.34. The number of rotatable bonds is 3. The van der Waals surface area contributed by atoms with Crippen LogP contribution in [-0.4, -0.2) is 15.2 Å². The van der Waals surface area contributed by atoms with Crippen LogP contribution in [0.15, 0.2) is 26.9 Å². The predicted molar refractivity (Wildman–Crippen MR) is 78.2 cm³/mol. The summed E-state index contributed by atoms with van der Waals surface area (Å²) in [6.07, 6.45) is 7.44. The van der Waals surface area contributed by atoms with Gasteiger partial charge in [-0.05, 0) is 30.7 Å². The lowest BCUT2D eigenvalue weighted by Gasteiger charge is -2.17. The smallest absolute Gasteiger partial charge is 0.283 e. The summed E-state index contributed by atoms with van der Waals surface area (Å²) in [4.78, 5) is 4.15. The Labute approximate surface area is 131 Å². The zero-order valence-electron chi connectivity index (χ0n) is 11.3. The van der Waals surface area contributed by atoms with Gasteiger partial charge in [0.1, 0.15) is 11.1 Å². The summed E-state index contributed by atoms with van der Waals surface area (Å²) in [7, 11) is 0. The van der Waals surface area contributed by atoms with Crippen LogP contribution in [-0.2, 0) is 0 Å². The Morgan fingerprint density at radius 2 is 2.10 bits per heavy atom. The van der Waals surface area contributed by atoms with E-state index in [0.717, 1.165) is 12.8 Å². The lowest BCUT2D eigenvalue weighted by atomic mass is 9.89. The minimum atomic E-state index is 0.380. The molecular formula is C14H13ClN4OS. The van der Waals surface area contributed by atoms with E-state index in [0.29, 0.717) is 32.6 Å². The van der Waals surface area contributed by atoms with Crippen LogP contribution in [0, 0.1) is 11.3 Å². The lowest BCUT2D eigenvalue weighted by molar-refractivity contribution is 0.334. The van der Waals surface area contributed by atoms with Crippen molar-refractivity contribution in [2.75, 3.05) is 0 Å². The van der Waals surface area contributed by atoms with Crippen LogP contribution in [0.25, 0.3) is 0 Å². The number of hydrogen-bond acceptors (Lipinski definition) is 6.